The molecule has 2 aromatic carbocycles. The average molecular weight is 366 g/mol. The lowest BCUT2D eigenvalue weighted by atomic mass is 10.0. The molecule has 0 saturated heterocycles. The molecule has 3 aromatic rings. The number of rotatable bonds is 5. The summed E-state index contributed by atoms with van der Waals surface area (Å²) in [4.78, 5) is 24.2. The summed E-state index contributed by atoms with van der Waals surface area (Å²) in [6.07, 6.45) is 0. The highest BCUT2D eigenvalue weighted by molar-refractivity contribution is 6.35. The molecule has 2 atom stereocenters. The quantitative estimate of drug-likeness (QED) is 0.606. The lowest BCUT2D eigenvalue weighted by Gasteiger charge is -2.21. The Kier molecular flexibility index (Phi) is 5.28. The van der Waals surface area contributed by atoms with Gasteiger partial charge in [0.2, 0.25) is 0 Å². The van der Waals surface area contributed by atoms with Crippen LogP contribution >= 0.6 is 0 Å². The normalized spacial score (nSPS) is 14.3. The predicted octanol–water partition coefficient (Wildman–Crippen LogP) is 2.63. The largest absolute Gasteiger partial charge is 0.458 e. The topological polar surface area (TPSA) is 91.6 Å². The molecule has 2 amide bonds. The second-order valence-electron chi connectivity index (χ2n) is 6.71. The number of amides is 2. The number of carbonyl (C=O) groups is 2. The van der Waals surface area contributed by atoms with E-state index >= 15 is 0 Å². The average Bonchev–Trinajstić information content (AvgIpc) is 3.12. The molecule has 0 aliphatic rings. The summed E-state index contributed by atoms with van der Waals surface area (Å²) >= 11 is 0. The molecule has 140 valence electrons. The summed E-state index contributed by atoms with van der Waals surface area (Å²) in [5.41, 5.74) is 0.0986. The molecule has 0 spiro atoms. The molecular weight excluding hydrogens is 344 g/mol. The first-order valence-corrected chi connectivity index (χ1v) is 8.72. The van der Waals surface area contributed by atoms with E-state index in [1.807, 2.05) is 48.5 Å². The van der Waals surface area contributed by atoms with Crippen LogP contribution in [0.5, 0.6) is 0 Å². The number of hydrogen-bond acceptors (Lipinski definition) is 4. The van der Waals surface area contributed by atoms with Crippen LogP contribution in [0.3, 0.4) is 0 Å². The molecule has 0 unspecified atom stereocenters. The standard InChI is InChI=1S/C21H22N2O4/c1-14(15-8-4-3-5-9-15)23-20(25)19(24)22-13-21(2,26)18-12-16-10-6-7-11-17(16)27-18/h3-12,14,26H,13H2,1-2H3,(H,22,24)(H,23,25)/t14-,21+/m1/s1. The summed E-state index contributed by atoms with van der Waals surface area (Å²) in [5.74, 6) is -1.25. The Morgan fingerprint density at radius 1 is 1.07 bits per heavy atom. The summed E-state index contributed by atoms with van der Waals surface area (Å²) < 4.78 is 5.65. The van der Waals surface area contributed by atoms with Crippen LogP contribution in [0, 0.1) is 0 Å². The van der Waals surface area contributed by atoms with Crippen LogP contribution in [0.1, 0.15) is 31.2 Å². The third-order valence-electron chi connectivity index (χ3n) is 4.40. The van der Waals surface area contributed by atoms with E-state index in [1.165, 1.54) is 6.92 Å². The predicted molar refractivity (Wildman–Crippen MR) is 102 cm³/mol. The van der Waals surface area contributed by atoms with Crippen LogP contribution in [-0.2, 0) is 15.2 Å². The summed E-state index contributed by atoms with van der Waals surface area (Å²) in [6.45, 7) is 3.17. The van der Waals surface area contributed by atoms with Crippen LogP contribution in [0.4, 0.5) is 0 Å². The van der Waals surface area contributed by atoms with E-state index in [-0.39, 0.29) is 12.6 Å². The van der Waals surface area contributed by atoms with Gasteiger partial charge in [0.15, 0.2) is 0 Å². The number of benzene rings is 2. The Labute approximate surface area is 157 Å². The third kappa shape index (κ3) is 4.35. The lowest BCUT2D eigenvalue weighted by molar-refractivity contribution is -0.140. The van der Waals surface area contributed by atoms with Crippen LogP contribution in [0.25, 0.3) is 11.0 Å². The Balaban J connectivity index is 1.59. The molecule has 6 heteroatoms. The van der Waals surface area contributed by atoms with Gasteiger partial charge in [-0.05, 0) is 31.5 Å². The SMILES string of the molecule is C[C@@H](NC(=O)C(=O)NC[C@](C)(O)c1cc2ccccc2o1)c1ccccc1. The molecule has 0 radical (unpaired) electrons. The van der Waals surface area contributed by atoms with Gasteiger partial charge in [0.05, 0.1) is 12.6 Å². The maximum atomic E-state index is 12.1. The smallest absolute Gasteiger partial charge is 0.309 e. The summed E-state index contributed by atoms with van der Waals surface area (Å²) in [5, 5.41) is 16.6. The van der Waals surface area contributed by atoms with Gasteiger partial charge in [-0.3, -0.25) is 9.59 Å². The minimum Gasteiger partial charge on any atom is -0.458 e. The number of para-hydroxylation sites is 1. The van der Waals surface area contributed by atoms with E-state index in [2.05, 4.69) is 10.6 Å². The van der Waals surface area contributed by atoms with Gasteiger partial charge in [0.25, 0.3) is 0 Å². The lowest BCUT2D eigenvalue weighted by Crippen LogP contribution is -2.45. The van der Waals surface area contributed by atoms with E-state index in [9.17, 15) is 14.7 Å². The monoisotopic (exact) mass is 366 g/mol. The van der Waals surface area contributed by atoms with Gasteiger partial charge < -0.3 is 20.2 Å². The highest BCUT2D eigenvalue weighted by Gasteiger charge is 2.29. The second-order valence-corrected chi connectivity index (χ2v) is 6.71. The van der Waals surface area contributed by atoms with Crippen molar-refractivity contribution in [3.05, 3.63) is 72.0 Å². The maximum Gasteiger partial charge on any atom is 0.309 e. The van der Waals surface area contributed by atoms with Crippen molar-refractivity contribution in [2.75, 3.05) is 6.54 Å². The highest BCUT2D eigenvalue weighted by Crippen LogP contribution is 2.27. The zero-order valence-electron chi connectivity index (χ0n) is 15.2. The summed E-state index contributed by atoms with van der Waals surface area (Å²) in [7, 11) is 0. The first-order valence-electron chi connectivity index (χ1n) is 8.72. The van der Waals surface area contributed by atoms with E-state index in [4.69, 9.17) is 4.42 Å². The van der Waals surface area contributed by atoms with Crippen molar-refractivity contribution >= 4 is 22.8 Å². The molecular formula is C21H22N2O4. The number of aliphatic hydroxyl groups is 1. The zero-order valence-corrected chi connectivity index (χ0v) is 15.2. The summed E-state index contributed by atoms with van der Waals surface area (Å²) in [6, 6.07) is 18.1. The minimum absolute atomic E-state index is 0.154. The Hall–Kier alpha value is -3.12. The van der Waals surface area contributed by atoms with Crippen molar-refractivity contribution in [1.29, 1.82) is 0 Å². The molecule has 0 bridgehead atoms. The molecule has 0 saturated carbocycles. The van der Waals surface area contributed by atoms with Crippen LogP contribution in [0.15, 0.2) is 65.1 Å². The number of nitrogens with one attached hydrogen (secondary N) is 2. The molecule has 0 aliphatic carbocycles. The molecule has 3 rings (SSSR count). The third-order valence-corrected chi connectivity index (χ3v) is 4.40. The first-order chi connectivity index (χ1) is 12.9. The molecule has 6 nitrogen and oxygen atoms in total. The Morgan fingerprint density at radius 2 is 1.74 bits per heavy atom. The van der Waals surface area contributed by atoms with E-state index < -0.39 is 17.4 Å². The number of carbonyl (C=O) groups excluding carboxylic acids is 2. The van der Waals surface area contributed by atoms with Gasteiger partial charge in [-0.25, -0.2) is 0 Å². The molecule has 0 aliphatic heterocycles. The first kappa shape index (κ1) is 18.7. The molecule has 3 N–H and O–H groups in total. The van der Waals surface area contributed by atoms with Crippen molar-refractivity contribution in [3.63, 3.8) is 0 Å². The van der Waals surface area contributed by atoms with Crippen molar-refractivity contribution in [2.45, 2.75) is 25.5 Å². The van der Waals surface area contributed by atoms with Gasteiger partial charge in [0, 0.05) is 5.39 Å². The van der Waals surface area contributed by atoms with Crippen molar-refractivity contribution < 1.29 is 19.1 Å². The Bertz CT molecular complexity index is 914. The molecule has 0 fully saturated rings. The van der Waals surface area contributed by atoms with Gasteiger partial charge in [-0.2, -0.15) is 0 Å². The van der Waals surface area contributed by atoms with Crippen LogP contribution in [0.2, 0.25) is 0 Å². The van der Waals surface area contributed by atoms with Crippen LogP contribution in [-0.4, -0.2) is 23.5 Å². The molecule has 1 aromatic heterocycles. The Morgan fingerprint density at radius 3 is 2.44 bits per heavy atom. The fraction of sp³-hybridized carbons (Fsp3) is 0.238. The number of fused-ring (bicyclic) bond motifs is 1. The fourth-order valence-corrected chi connectivity index (χ4v) is 2.75. The van der Waals surface area contributed by atoms with E-state index in [1.54, 1.807) is 19.1 Å². The van der Waals surface area contributed by atoms with Gasteiger partial charge >= 0.3 is 11.8 Å². The number of hydrogen-bond donors (Lipinski definition) is 3. The van der Waals surface area contributed by atoms with Crippen LogP contribution < -0.4 is 10.6 Å². The fourth-order valence-electron chi connectivity index (χ4n) is 2.75. The molecule has 1 heterocycles. The zero-order chi connectivity index (χ0) is 19.4. The van der Waals surface area contributed by atoms with Gasteiger partial charge in [0.1, 0.15) is 16.9 Å². The molecule has 27 heavy (non-hydrogen) atoms. The second kappa shape index (κ2) is 7.63. The van der Waals surface area contributed by atoms with Gasteiger partial charge in [-0.15, -0.1) is 0 Å². The highest BCUT2D eigenvalue weighted by atomic mass is 16.4. The van der Waals surface area contributed by atoms with E-state index in [0.717, 1.165) is 10.9 Å². The number of furan rings is 1. The minimum atomic E-state index is -1.44. The van der Waals surface area contributed by atoms with Crippen molar-refractivity contribution in [3.8, 4) is 0 Å². The van der Waals surface area contributed by atoms with Crippen molar-refractivity contribution in [2.24, 2.45) is 0 Å². The maximum absolute atomic E-state index is 12.1. The van der Waals surface area contributed by atoms with Gasteiger partial charge in [-0.1, -0.05) is 48.5 Å². The van der Waals surface area contributed by atoms with Crippen molar-refractivity contribution in [1.82, 2.24) is 10.6 Å². The van der Waals surface area contributed by atoms with E-state index in [0.29, 0.717) is 11.3 Å².